The summed E-state index contributed by atoms with van der Waals surface area (Å²) in [7, 11) is 0. The van der Waals surface area contributed by atoms with E-state index in [-0.39, 0.29) is 6.04 Å². The summed E-state index contributed by atoms with van der Waals surface area (Å²) in [5, 5.41) is 5.55. The molecule has 182 valence electrons. The number of hydrogen-bond donors (Lipinski definition) is 2. The molecular formula is C28H33N5O2. The first kappa shape index (κ1) is 24.6. The number of nitrogens with zero attached hydrogens (tertiary/aromatic N) is 3. The molecule has 0 saturated carbocycles. The van der Waals surface area contributed by atoms with Crippen molar-refractivity contribution in [2.45, 2.75) is 26.1 Å². The number of aryl methyl sites for hydroxylation is 1. The summed E-state index contributed by atoms with van der Waals surface area (Å²) in [5.74, 6) is -1.24. The number of piperazine rings is 1. The van der Waals surface area contributed by atoms with Gasteiger partial charge in [0, 0.05) is 58.2 Å². The van der Waals surface area contributed by atoms with Crippen LogP contribution in [-0.4, -0.2) is 59.3 Å². The lowest BCUT2D eigenvalue weighted by Gasteiger charge is -2.39. The van der Waals surface area contributed by atoms with E-state index < -0.39 is 11.8 Å². The summed E-state index contributed by atoms with van der Waals surface area (Å²) in [6, 6.07) is 22.3. The Balaban J connectivity index is 1.31. The van der Waals surface area contributed by atoms with Crippen LogP contribution in [0.4, 0.5) is 0 Å². The van der Waals surface area contributed by atoms with Gasteiger partial charge >= 0.3 is 11.8 Å². The maximum atomic E-state index is 12.5. The van der Waals surface area contributed by atoms with E-state index in [1.54, 1.807) is 6.20 Å². The number of rotatable bonds is 8. The number of nitrogens with one attached hydrogen (secondary N) is 2. The van der Waals surface area contributed by atoms with Gasteiger partial charge in [0.05, 0.1) is 6.04 Å². The highest BCUT2D eigenvalue weighted by Crippen LogP contribution is 2.21. The molecular weight excluding hydrogens is 438 g/mol. The van der Waals surface area contributed by atoms with Crippen molar-refractivity contribution < 1.29 is 9.59 Å². The van der Waals surface area contributed by atoms with E-state index in [4.69, 9.17) is 0 Å². The van der Waals surface area contributed by atoms with Crippen LogP contribution in [-0.2, 0) is 22.7 Å². The second-order valence-electron chi connectivity index (χ2n) is 8.98. The lowest BCUT2D eigenvalue weighted by Crippen LogP contribution is -2.50. The maximum Gasteiger partial charge on any atom is 0.309 e. The molecule has 1 aliphatic heterocycles. The number of carbonyl (C=O) groups excluding carboxylic acids is 2. The number of carbonyl (C=O) groups is 2. The average Bonchev–Trinajstić information content (AvgIpc) is 2.90. The van der Waals surface area contributed by atoms with E-state index in [2.05, 4.69) is 49.7 Å². The molecule has 2 heterocycles. The van der Waals surface area contributed by atoms with E-state index in [1.807, 2.05) is 55.6 Å². The molecule has 1 aliphatic rings. The van der Waals surface area contributed by atoms with Gasteiger partial charge in [0.1, 0.15) is 0 Å². The molecule has 7 heteroatoms. The first-order valence-corrected chi connectivity index (χ1v) is 12.1. The number of aromatic nitrogens is 1. The van der Waals surface area contributed by atoms with Gasteiger partial charge in [-0.2, -0.15) is 0 Å². The van der Waals surface area contributed by atoms with E-state index in [9.17, 15) is 9.59 Å². The molecule has 1 atom stereocenters. The normalized spacial score (nSPS) is 15.3. The Labute approximate surface area is 207 Å². The van der Waals surface area contributed by atoms with Crippen molar-refractivity contribution in [1.29, 1.82) is 0 Å². The minimum absolute atomic E-state index is 0.0450. The van der Waals surface area contributed by atoms with Crippen molar-refractivity contribution in [3.63, 3.8) is 0 Å². The molecule has 0 radical (unpaired) electrons. The van der Waals surface area contributed by atoms with E-state index in [0.717, 1.165) is 49.4 Å². The molecule has 7 nitrogen and oxygen atoms in total. The van der Waals surface area contributed by atoms with Crippen LogP contribution < -0.4 is 10.6 Å². The Kier molecular flexibility index (Phi) is 8.59. The molecule has 4 rings (SSSR count). The van der Waals surface area contributed by atoms with Gasteiger partial charge in [-0.3, -0.25) is 24.4 Å². The third-order valence-electron chi connectivity index (χ3n) is 6.40. The Bertz CT molecular complexity index is 1080. The van der Waals surface area contributed by atoms with Crippen molar-refractivity contribution in [1.82, 2.24) is 25.4 Å². The fraction of sp³-hybridized carbons (Fsp3) is 0.321. The van der Waals surface area contributed by atoms with Crippen molar-refractivity contribution in [3.8, 4) is 0 Å². The average molecular weight is 472 g/mol. The zero-order valence-corrected chi connectivity index (χ0v) is 20.2. The Morgan fingerprint density at radius 3 is 2.26 bits per heavy atom. The summed E-state index contributed by atoms with van der Waals surface area (Å²) in [6.45, 7) is 7.25. The highest BCUT2D eigenvalue weighted by atomic mass is 16.2. The van der Waals surface area contributed by atoms with E-state index in [0.29, 0.717) is 13.1 Å². The summed E-state index contributed by atoms with van der Waals surface area (Å²) in [6.07, 6.45) is 3.58. The van der Waals surface area contributed by atoms with Crippen LogP contribution in [0.5, 0.6) is 0 Å². The monoisotopic (exact) mass is 471 g/mol. The second-order valence-corrected chi connectivity index (χ2v) is 8.98. The van der Waals surface area contributed by atoms with Crippen LogP contribution in [0.3, 0.4) is 0 Å². The fourth-order valence-electron chi connectivity index (χ4n) is 4.34. The third kappa shape index (κ3) is 7.21. The zero-order chi connectivity index (χ0) is 24.5. The smallest absolute Gasteiger partial charge is 0.309 e. The first-order valence-electron chi connectivity index (χ1n) is 12.1. The van der Waals surface area contributed by atoms with Gasteiger partial charge in [-0.15, -0.1) is 0 Å². The SMILES string of the molecule is Cc1ccc(CNC(=O)C(=O)NC[C@@H](c2cccnc2)N2CCN(Cc3ccccc3)CC2)cc1. The van der Waals surface area contributed by atoms with Gasteiger partial charge in [-0.25, -0.2) is 0 Å². The molecule has 1 aromatic heterocycles. The fourth-order valence-corrected chi connectivity index (χ4v) is 4.34. The van der Waals surface area contributed by atoms with Crippen LogP contribution in [0.15, 0.2) is 79.1 Å². The minimum Gasteiger partial charge on any atom is -0.346 e. The molecule has 2 amide bonds. The molecule has 2 N–H and O–H groups in total. The van der Waals surface area contributed by atoms with Gasteiger partial charge in [0.2, 0.25) is 0 Å². The molecule has 1 fully saturated rings. The van der Waals surface area contributed by atoms with E-state index in [1.165, 1.54) is 5.56 Å². The zero-order valence-electron chi connectivity index (χ0n) is 20.2. The quantitative estimate of drug-likeness (QED) is 0.494. The van der Waals surface area contributed by atoms with Gasteiger partial charge in [0.25, 0.3) is 0 Å². The van der Waals surface area contributed by atoms with Crippen molar-refractivity contribution in [2.75, 3.05) is 32.7 Å². The molecule has 0 spiro atoms. The lowest BCUT2D eigenvalue weighted by molar-refractivity contribution is -0.139. The number of pyridine rings is 1. The van der Waals surface area contributed by atoms with Crippen LogP contribution in [0.25, 0.3) is 0 Å². The van der Waals surface area contributed by atoms with Crippen molar-refractivity contribution in [2.24, 2.45) is 0 Å². The first-order chi connectivity index (χ1) is 17.1. The van der Waals surface area contributed by atoms with Gasteiger partial charge in [-0.05, 0) is 29.7 Å². The molecule has 2 aromatic carbocycles. The highest BCUT2D eigenvalue weighted by molar-refractivity contribution is 6.35. The highest BCUT2D eigenvalue weighted by Gasteiger charge is 2.26. The summed E-state index contributed by atoms with van der Waals surface area (Å²) >= 11 is 0. The predicted octanol–water partition coefficient (Wildman–Crippen LogP) is 2.68. The molecule has 0 bridgehead atoms. The minimum atomic E-state index is -0.622. The van der Waals surface area contributed by atoms with Crippen LogP contribution in [0, 0.1) is 6.92 Å². The molecule has 0 aliphatic carbocycles. The van der Waals surface area contributed by atoms with Crippen LogP contribution in [0.2, 0.25) is 0 Å². The molecule has 35 heavy (non-hydrogen) atoms. The van der Waals surface area contributed by atoms with E-state index >= 15 is 0 Å². The summed E-state index contributed by atoms with van der Waals surface area (Å²) < 4.78 is 0. The predicted molar refractivity (Wildman–Crippen MR) is 136 cm³/mol. The lowest BCUT2D eigenvalue weighted by atomic mass is 10.1. The van der Waals surface area contributed by atoms with Gasteiger partial charge < -0.3 is 10.6 Å². The number of amides is 2. The summed E-state index contributed by atoms with van der Waals surface area (Å²) in [4.78, 5) is 34.0. The summed E-state index contributed by atoms with van der Waals surface area (Å²) in [5.41, 5.74) is 4.46. The van der Waals surface area contributed by atoms with Gasteiger partial charge in [0.15, 0.2) is 0 Å². The second kappa shape index (κ2) is 12.2. The van der Waals surface area contributed by atoms with Crippen molar-refractivity contribution in [3.05, 3.63) is 101 Å². The number of benzene rings is 2. The molecule has 3 aromatic rings. The van der Waals surface area contributed by atoms with Crippen LogP contribution in [0.1, 0.15) is 28.3 Å². The standard InChI is InChI=1S/C28H33N5O2/c1-22-9-11-23(12-10-22)18-30-27(34)28(35)31-20-26(25-8-5-13-29-19-25)33-16-14-32(15-17-33)21-24-6-3-2-4-7-24/h2-13,19,26H,14-18,20-21H2,1H3,(H,30,34)(H,31,35)/t26-/m0/s1. The Morgan fingerprint density at radius 1 is 0.857 bits per heavy atom. The molecule has 0 unspecified atom stereocenters. The topological polar surface area (TPSA) is 77.6 Å². The van der Waals surface area contributed by atoms with Crippen molar-refractivity contribution >= 4 is 11.8 Å². The maximum absolute atomic E-state index is 12.5. The molecule has 1 saturated heterocycles. The van der Waals surface area contributed by atoms with Gasteiger partial charge in [-0.1, -0.05) is 66.2 Å². The Hall–Kier alpha value is -3.55. The third-order valence-corrected chi connectivity index (χ3v) is 6.40. The number of hydrogen-bond acceptors (Lipinski definition) is 5. The van der Waals surface area contributed by atoms with Crippen LogP contribution >= 0.6 is 0 Å². The largest absolute Gasteiger partial charge is 0.346 e. The Morgan fingerprint density at radius 2 is 1.57 bits per heavy atom.